The van der Waals surface area contributed by atoms with Gasteiger partial charge in [0.05, 0.1) is 11.5 Å². The molecule has 0 saturated carbocycles. The van der Waals surface area contributed by atoms with Crippen molar-refractivity contribution in [3.05, 3.63) is 34.7 Å². The largest absolute Gasteiger partial charge is 0.494 e. The number of thioether (sulfide) groups is 1. The van der Waals surface area contributed by atoms with Crippen LogP contribution in [0, 0.1) is 0 Å². The molecule has 6 nitrogen and oxygen atoms in total. The van der Waals surface area contributed by atoms with E-state index in [-0.39, 0.29) is 4.91 Å². The van der Waals surface area contributed by atoms with E-state index in [2.05, 4.69) is 6.92 Å². The first-order chi connectivity index (χ1) is 13.0. The maximum Gasteiger partial charge on any atom is 0.323 e. The molecule has 0 atom stereocenters. The van der Waals surface area contributed by atoms with Crippen LogP contribution in [0.4, 0.5) is 4.79 Å². The second-order valence-electron chi connectivity index (χ2n) is 6.35. The zero-order valence-electron chi connectivity index (χ0n) is 15.5. The summed E-state index contributed by atoms with van der Waals surface area (Å²) >= 11 is 0.752. The summed E-state index contributed by atoms with van der Waals surface area (Å²) in [7, 11) is 0. The normalized spacial score (nSPS) is 15.6. The van der Waals surface area contributed by atoms with Crippen LogP contribution in [0.3, 0.4) is 0 Å². The average Bonchev–Trinajstić information content (AvgIpc) is 2.89. The van der Waals surface area contributed by atoms with Gasteiger partial charge in [0.25, 0.3) is 11.1 Å². The number of hydrogen-bond donors (Lipinski definition) is 1. The van der Waals surface area contributed by atoms with E-state index in [0.29, 0.717) is 6.61 Å². The Morgan fingerprint density at radius 2 is 1.78 bits per heavy atom. The van der Waals surface area contributed by atoms with Gasteiger partial charge in [-0.05, 0) is 42.0 Å². The van der Waals surface area contributed by atoms with Gasteiger partial charge in [-0.3, -0.25) is 19.3 Å². The van der Waals surface area contributed by atoms with Gasteiger partial charge >= 0.3 is 5.97 Å². The number of hydrogen-bond acceptors (Lipinski definition) is 5. The highest BCUT2D eigenvalue weighted by molar-refractivity contribution is 8.18. The summed E-state index contributed by atoms with van der Waals surface area (Å²) < 4.78 is 5.72. The quantitative estimate of drug-likeness (QED) is 0.440. The number of carbonyl (C=O) groups is 3. The number of benzene rings is 1. The van der Waals surface area contributed by atoms with Crippen LogP contribution in [0.2, 0.25) is 0 Å². The number of rotatable bonds is 11. The van der Waals surface area contributed by atoms with Gasteiger partial charge < -0.3 is 9.84 Å². The van der Waals surface area contributed by atoms with Gasteiger partial charge in [0.15, 0.2) is 0 Å². The van der Waals surface area contributed by atoms with Crippen molar-refractivity contribution in [3.63, 3.8) is 0 Å². The highest BCUT2D eigenvalue weighted by Gasteiger charge is 2.36. The Hall–Kier alpha value is -2.28. The van der Waals surface area contributed by atoms with Gasteiger partial charge in [-0.25, -0.2) is 0 Å². The van der Waals surface area contributed by atoms with E-state index in [1.54, 1.807) is 6.08 Å². The Balaban J connectivity index is 1.83. The van der Waals surface area contributed by atoms with Crippen molar-refractivity contribution in [2.45, 2.75) is 45.4 Å². The fraction of sp³-hybridized carbons (Fsp3) is 0.450. The van der Waals surface area contributed by atoms with E-state index in [1.165, 1.54) is 32.1 Å². The zero-order valence-corrected chi connectivity index (χ0v) is 16.3. The maximum atomic E-state index is 12.1. The molecule has 1 N–H and O–H groups in total. The van der Waals surface area contributed by atoms with E-state index in [9.17, 15) is 14.4 Å². The minimum absolute atomic E-state index is 0.224. The average molecular weight is 391 g/mol. The summed E-state index contributed by atoms with van der Waals surface area (Å²) in [4.78, 5) is 35.6. The smallest absolute Gasteiger partial charge is 0.323 e. The third-order valence-corrected chi connectivity index (χ3v) is 5.02. The monoisotopic (exact) mass is 391 g/mol. The van der Waals surface area contributed by atoms with Crippen LogP contribution < -0.4 is 4.74 Å². The Labute approximate surface area is 163 Å². The Morgan fingerprint density at radius 1 is 1.11 bits per heavy atom. The van der Waals surface area contributed by atoms with E-state index in [0.717, 1.165) is 34.4 Å². The van der Waals surface area contributed by atoms with Crippen LogP contribution >= 0.6 is 11.8 Å². The number of carbonyl (C=O) groups excluding carboxylic acids is 2. The Morgan fingerprint density at radius 3 is 2.44 bits per heavy atom. The predicted molar refractivity (Wildman–Crippen MR) is 106 cm³/mol. The molecule has 1 aliphatic heterocycles. The number of carboxylic acids is 1. The standard InChI is InChI=1S/C20H25NO5S/c1-2-3-4-5-6-7-12-26-16-10-8-15(9-11-16)13-17-19(24)21(14-18(22)23)20(25)27-17/h8-11,13H,2-7,12,14H2,1H3,(H,22,23). The third-order valence-electron chi connectivity index (χ3n) is 4.11. The van der Waals surface area contributed by atoms with Crippen LogP contribution in [0.1, 0.15) is 51.0 Å². The lowest BCUT2D eigenvalue weighted by molar-refractivity contribution is -0.140. The van der Waals surface area contributed by atoms with Crippen molar-refractivity contribution < 1.29 is 24.2 Å². The second-order valence-corrected chi connectivity index (χ2v) is 7.34. The molecule has 0 bridgehead atoms. The number of imide groups is 1. The summed E-state index contributed by atoms with van der Waals surface area (Å²) in [6.07, 6.45) is 8.85. The van der Waals surface area contributed by atoms with Crippen molar-refractivity contribution in [2.24, 2.45) is 0 Å². The lowest BCUT2D eigenvalue weighted by Gasteiger charge is -2.08. The highest BCUT2D eigenvalue weighted by atomic mass is 32.2. The molecule has 7 heteroatoms. The van der Waals surface area contributed by atoms with Crippen molar-refractivity contribution in [1.82, 2.24) is 4.90 Å². The van der Waals surface area contributed by atoms with Crippen LogP contribution in [-0.2, 0) is 9.59 Å². The van der Waals surface area contributed by atoms with Gasteiger partial charge in [0, 0.05) is 0 Å². The Kier molecular flexibility index (Phi) is 8.39. The van der Waals surface area contributed by atoms with Gasteiger partial charge in [-0.15, -0.1) is 0 Å². The minimum atomic E-state index is -1.22. The number of aliphatic carboxylic acids is 1. The molecular formula is C20H25NO5S. The highest BCUT2D eigenvalue weighted by Crippen LogP contribution is 2.32. The molecule has 2 amide bonds. The second kappa shape index (κ2) is 10.8. The zero-order chi connectivity index (χ0) is 19.6. The molecule has 0 aromatic heterocycles. The minimum Gasteiger partial charge on any atom is -0.494 e. The van der Waals surface area contributed by atoms with Gasteiger partial charge in [-0.1, -0.05) is 51.2 Å². The molecule has 1 aliphatic rings. The number of unbranched alkanes of at least 4 members (excludes halogenated alkanes) is 5. The summed E-state index contributed by atoms with van der Waals surface area (Å²) in [6.45, 7) is 2.26. The Bertz CT molecular complexity index is 699. The summed E-state index contributed by atoms with van der Waals surface area (Å²) in [6, 6.07) is 7.26. The number of nitrogens with zero attached hydrogens (tertiary/aromatic N) is 1. The molecule has 0 unspecified atom stereocenters. The number of carboxylic acid groups (broad SMARTS) is 1. The first-order valence-electron chi connectivity index (χ1n) is 9.21. The van der Waals surface area contributed by atoms with E-state index in [4.69, 9.17) is 9.84 Å². The molecule has 1 aromatic carbocycles. The summed E-state index contributed by atoms with van der Waals surface area (Å²) in [5.74, 6) is -1.03. The number of amides is 2. The summed E-state index contributed by atoms with van der Waals surface area (Å²) in [5, 5.41) is 8.21. The first-order valence-corrected chi connectivity index (χ1v) is 10.0. The van der Waals surface area contributed by atoms with Crippen LogP contribution in [0.25, 0.3) is 6.08 Å². The molecule has 0 aliphatic carbocycles. The van der Waals surface area contributed by atoms with E-state index >= 15 is 0 Å². The predicted octanol–water partition coefficient (Wildman–Crippen LogP) is 4.55. The molecule has 2 rings (SSSR count). The molecular weight excluding hydrogens is 366 g/mol. The molecule has 1 heterocycles. The molecule has 1 saturated heterocycles. The van der Waals surface area contributed by atoms with E-state index in [1.807, 2.05) is 24.3 Å². The lowest BCUT2D eigenvalue weighted by Crippen LogP contribution is -2.33. The fourth-order valence-corrected chi connectivity index (χ4v) is 3.49. The molecule has 0 spiro atoms. The van der Waals surface area contributed by atoms with Crippen LogP contribution in [0.5, 0.6) is 5.75 Å². The van der Waals surface area contributed by atoms with Gasteiger partial charge in [0.2, 0.25) is 0 Å². The molecule has 0 radical (unpaired) electrons. The van der Waals surface area contributed by atoms with Crippen molar-refractivity contribution in [2.75, 3.05) is 13.2 Å². The van der Waals surface area contributed by atoms with Crippen LogP contribution in [0.15, 0.2) is 29.2 Å². The SMILES string of the molecule is CCCCCCCCOc1ccc(C=C2SC(=O)N(CC(=O)O)C2=O)cc1. The molecule has 1 aromatic rings. The third kappa shape index (κ3) is 6.75. The molecule has 27 heavy (non-hydrogen) atoms. The first kappa shape index (κ1) is 21.0. The van der Waals surface area contributed by atoms with E-state index < -0.39 is 23.7 Å². The van der Waals surface area contributed by atoms with Gasteiger partial charge in [-0.2, -0.15) is 0 Å². The molecule has 1 fully saturated rings. The molecule has 146 valence electrons. The van der Waals surface area contributed by atoms with Crippen molar-refractivity contribution >= 4 is 35.0 Å². The fourth-order valence-electron chi connectivity index (χ4n) is 2.66. The van der Waals surface area contributed by atoms with Gasteiger partial charge in [0.1, 0.15) is 12.3 Å². The van der Waals surface area contributed by atoms with Crippen molar-refractivity contribution in [3.8, 4) is 5.75 Å². The maximum absolute atomic E-state index is 12.1. The summed E-state index contributed by atoms with van der Waals surface area (Å²) in [5.41, 5.74) is 0.753. The number of ether oxygens (including phenoxy) is 1. The van der Waals surface area contributed by atoms with Crippen molar-refractivity contribution in [1.29, 1.82) is 0 Å². The van der Waals surface area contributed by atoms with Crippen LogP contribution in [-0.4, -0.2) is 40.3 Å². The topological polar surface area (TPSA) is 83.9 Å². The lowest BCUT2D eigenvalue weighted by atomic mass is 10.1.